The van der Waals surface area contributed by atoms with Crippen LogP contribution in [0.1, 0.15) is 30.3 Å². The topological polar surface area (TPSA) is 78.3 Å². The van der Waals surface area contributed by atoms with E-state index in [0.29, 0.717) is 42.4 Å². The number of methoxy groups -OCH3 is 1. The number of alkyl halides is 2. The molecule has 2 heterocycles. The van der Waals surface area contributed by atoms with Gasteiger partial charge in [-0.2, -0.15) is 8.78 Å². The van der Waals surface area contributed by atoms with Crippen molar-refractivity contribution in [1.29, 1.82) is 0 Å². The summed E-state index contributed by atoms with van der Waals surface area (Å²) in [5, 5.41) is 2.79. The molecule has 4 rings (SSSR count). The number of aryl methyl sites for hydroxylation is 1. The maximum atomic E-state index is 13.9. The van der Waals surface area contributed by atoms with E-state index in [-0.39, 0.29) is 30.4 Å². The fourth-order valence-corrected chi connectivity index (χ4v) is 3.75. The van der Waals surface area contributed by atoms with Crippen LogP contribution in [0.4, 0.5) is 13.2 Å². The molecule has 0 aliphatic heterocycles. The zero-order valence-electron chi connectivity index (χ0n) is 19.8. The van der Waals surface area contributed by atoms with E-state index in [1.165, 1.54) is 31.4 Å². The molecule has 1 N–H and O–H groups in total. The number of ether oxygens (including phenoxy) is 2. The van der Waals surface area contributed by atoms with Crippen molar-refractivity contribution in [3.05, 3.63) is 83.6 Å². The van der Waals surface area contributed by atoms with Gasteiger partial charge in [0.15, 0.2) is 17.2 Å². The number of benzene rings is 2. The molecule has 0 spiro atoms. The molecule has 0 bridgehead atoms. The second-order valence-corrected chi connectivity index (χ2v) is 8.26. The summed E-state index contributed by atoms with van der Waals surface area (Å²) >= 11 is 0. The molecule has 0 unspecified atom stereocenters. The minimum Gasteiger partial charge on any atom is -0.494 e. The maximum absolute atomic E-state index is 13.9. The van der Waals surface area contributed by atoms with Crippen molar-refractivity contribution in [2.24, 2.45) is 0 Å². The van der Waals surface area contributed by atoms with Crippen molar-refractivity contribution >= 4 is 17.1 Å². The monoisotopic (exact) mass is 498 g/mol. The smallest absolute Gasteiger partial charge is 0.394 e. The second kappa shape index (κ2) is 10.7. The molecule has 0 fully saturated rings. The van der Waals surface area contributed by atoms with E-state index < -0.39 is 11.9 Å². The maximum Gasteiger partial charge on any atom is 0.394 e. The molecule has 0 saturated heterocycles. The highest BCUT2D eigenvalue weighted by atomic mass is 19.3. The first-order chi connectivity index (χ1) is 17.2. The lowest BCUT2D eigenvalue weighted by Crippen LogP contribution is -2.23. The van der Waals surface area contributed by atoms with Gasteiger partial charge in [-0.15, -0.1) is 0 Å². The lowest BCUT2D eigenvalue weighted by atomic mass is 10.2. The van der Waals surface area contributed by atoms with E-state index >= 15 is 0 Å². The summed E-state index contributed by atoms with van der Waals surface area (Å²) in [6.07, 6.45) is -1.09. The van der Waals surface area contributed by atoms with Crippen LogP contribution in [-0.4, -0.2) is 33.7 Å². The number of fused-ring (bicyclic) bond motifs is 1. The number of aromatic nitrogens is 3. The zero-order valence-corrected chi connectivity index (χ0v) is 19.8. The minimum absolute atomic E-state index is 0.0634. The van der Waals surface area contributed by atoms with Crippen molar-refractivity contribution in [2.45, 2.75) is 39.0 Å². The Morgan fingerprint density at radius 1 is 1.11 bits per heavy atom. The van der Waals surface area contributed by atoms with Crippen LogP contribution in [0.3, 0.4) is 0 Å². The van der Waals surface area contributed by atoms with E-state index in [9.17, 15) is 18.0 Å². The predicted molar refractivity (Wildman–Crippen MR) is 127 cm³/mol. The Morgan fingerprint density at radius 2 is 1.86 bits per heavy atom. The highest BCUT2D eigenvalue weighted by Gasteiger charge is 2.23. The molecule has 188 valence electrons. The molecule has 0 saturated carbocycles. The number of carbonyl (C=O) groups is 1. The highest BCUT2D eigenvalue weighted by Crippen LogP contribution is 2.23. The first kappa shape index (κ1) is 25.0. The van der Waals surface area contributed by atoms with Gasteiger partial charge >= 0.3 is 6.11 Å². The summed E-state index contributed by atoms with van der Waals surface area (Å²) in [6, 6.07) is 14.5. The summed E-state index contributed by atoms with van der Waals surface area (Å²) in [4.78, 5) is 21.5. The van der Waals surface area contributed by atoms with E-state index in [0.717, 1.165) is 5.56 Å². The lowest BCUT2D eigenvalue weighted by Gasteiger charge is -2.14. The average molecular weight is 499 g/mol. The normalized spacial score (nSPS) is 11.5. The Morgan fingerprint density at radius 3 is 2.56 bits per heavy atom. The zero-order chi connectivity index (χ0) is 25.7. The molecule has 7 nitrogen and oxygen atoms in total. The van der Waals surface area contributed by atoms with Crippen LogP contribution in [0.5, 0.6) is 11.5 Å². The molecular formula is C26H25F3N4O3. The highest BCUT2D eigenvalue weighted by molar-refractivity contribution is 5.76. The Balaban J connectivity index is 1.43. The van der Waals surface area contributed by atoms with Crippen LogP contribution < -0.4 is 14.8 Å². The van der Waals surface area contributed by atoms with E-state index in [2.05, 4.69) is 20.0 Å². The molecule has 0 aliphatic carbocycles. The van der Waals surface area contributed by atoms with Gasteiger partial charge in [0, 0.05) is 32.5 Å². The minimum atomic E-state index is -3.26. The average Bonchev–Trinajstić information content (AvgIpc) is 3.19. The molecule has 0 atom stereocenters. The van der Waals surface area contributed by atoms with Gasteiger partial charge in [0.2, 0.25) is 5.91 Å². The van der Waals surface area contributed by atoms with Crippen molar-refractivity contribution in [3.8, 4) is 11.5 Å². The number of carbonyl (C=O) groups excluding carboxylic acids is 1. The summed E-state index contributed by atoms with van der Waals surface area (Å²) in [5.74, 6) is 0.166. The van der Waals surface area contributed by atoms with Crippen molar-refractivity contribution < 1.29 is 27.4 Å². The summed E-state index contributed by atoms with van der Waals surface area (Å²) in [7, 11) is 1.39. The third-order valence-electron chi connectivity index (χ3n) is 5.43. The number of halogens is 3. The summed E-state index contributed by atoms with van der Waals surface area (Å²) in [5.41, 5.74) is 2.79. The van der Waals surface area contributed by atoms with Crippen LogP contribution >= 0.6 is 0 Å². The van der Waals surface area contributed by atoms with Crippen LogP contribution in [-0.2, 0) is 24.3 Å². The number of hydrogen-bond acceptors (Lipinski definition) is 5. The molecule has 4 aromatic rings. The van der Waals surface area contributed by atoms with Gasteiger partial charge in [-0.3, -0.25) is 4.79 Å². The third-order valence-corrected chi connectivity index (χ3v) is 5.43. The number of rotatable bonds is 10. The molecule has 2 aromatic heterocycles. The molecule has 0 aliphatic rings. The van der Waals surface area contributed by atoms with Crippen LogP contribution in [0.15, 0.2) is 60.8 Å². The molecule has 0 radical (unpaired) electrons. The van der Waals surface area contributed by atoms with E-state index in [4.69, 9.17) is 4.74 Å². The first-order valence-electron chi connectivity index (χ1n) is 11.3. The summed E-state index contributed by atoms with van der Waals surface area (Å²) in [6.45, 7) is 1.25. The first-order valence-corrected chi connectivity index (χ1v) is 11.3. The van der Waals surface area contributed by atoms with Gasteiger partial charge in [0.1, 0.15) is 17.1 Å². The van der Waals surface area contributed by atoms with E-state index in [1.807, 2.05) is 10.6 Å². The SMILES string of the molecule is COc1ccc(CNC(=O)CCc2nc3cccnc3n2Cc2ccc(OC(C)(F)F)cc2)cc1F. The second-order valence-electron chi connectivity index (χ2n) is 8.26. The van der Waals surface area contributed by atoms with Crippen molar-refractivity contribution in [2.75, 3.05) is 7.11 Å². The molecular weight excluding hydrogens is 473 g/mol. The number of nitrogens with one attached hydrogen (secondary N) is 1. The number of imidazole rings is 1. The van der Waals surface area contributed by atoms with Gasteiger partial charge in [0.25, 0.3) is 0 Å². The number of hydrogen-bond donors (Lipinski definition) is 1. The number of nitrogens with zero attached hydrogens (tertiary/aromatic N) is 3. The Hall–Kier alpha value is -4.08. The van der Waals surface area contributed by atoms with E-state index in [1.54, 1.807) is 30.5 Å². The molecule has 36 heavy (non-hydrogen) atoms. The lowest BCUT2D eigenvalue weighted by molar-refractivity contribution is -0.158. The predicted octanol–water partition coefficient (Wildman–Crippen LogP) is 4.87. The standard InChI is InChI=1S/C26H25F3N4O3/c1-26(28,29)36-19-8-5-17(6-9-19)16-33-23(32-21-4-3-13-30-25(21)33)11-12-24(34)31-15-18-7-10-22(35-2)20(27)14-18/h3-10,13-14H,11-12,15-16H2,1-2H3,(H,31,34). The largest absolute Gasteiger partial charge is 0.494 e. The Kier molecular flexibility index (Phi) is 7.42. The van der Waals surface area contributed by atoms with Crippen molar-refractivity contribution in [1.82, 2.24) is 19.9 Å². The Bertz CT molecular complexity index is 1350. The Labute approximate surface area is 205 Å². The van der Waals surface area contributed by atoms with Gasteiger partial charge < -0.3 is 19.4 Å². The molecule has 1 amide bonds. The fraction of sp³-hybridized carbons (Fsp3) is 0.269. The molecule has 2 aromatic carbocycles. The quantitative estimate of drug-likeness (QED) is 0.338. The van der Waals surface area contributed by atoms with Gasteiger partial charge in [-0.25, -0.2) is 14.4 Å². The van der Waals surface area contributed by atoms with Crippen LogP contribution in [0.2, 0.25) is 0 Å². The number of pyridine rings is 1. The van der Waals surface area contributed by atoms with Crippen LogP contribution in [0, 0.1) is 5.82 Å². The van der Waals surface area contributed by atoms with Gasteiger partial charge in [0.05, 0.1) is 13.7 Å². The van der Waals surface area contributed by atoms with Crippen molar-refractivity contribution in [3.63, 3.8) is 0 Å². The van der Waals surface area contributed by atoms with Gasteiger partial charge in [-0.05, 0) is 47.5 Å². The number of amides is 1. The fourth-order valence-electron chi connectivity index (χ4n) is 3.75. The van der Waals surface area contributed by atoms with Gasteiger partial charge in [-0.1, -0.05) is 18.2 Å². The van der Waals surface area contributed by atoms with Crippen LogP contribution in [0.25, 0.3) is 11.2 Å². The third kappa shape index (κ3) is 6.32. The summed E-state index contributed by atoms with van der Waals surface area (Å²) < 4.78 is 51.4. The molecule has 10 heteroatoms.